The van der Waals surface area contributed by atoms with Crippen LogP contribution < -0.4 is 0 Å². The minimum atomic E-state index is 0.646. The van der Waals surface area contributed by atoms with Crippen LogP contribution in [0.1, 0.15) is 0 Å². The lowest BCUT2D eigenvalue weighted by molar-refractivity contribution is 0.565. The molecule has 3 aromatic carbocycles. The van der Waals surface area contributed by atoms with Crippen LogP contribution >= 0.6 is 0 Å². The summed E-state index contributed by atoms with van der Waals surface area (Å²) in [6.07, 6.45) is 1.61. The molecule has 2 nitrogen and oxygen atoms in total. The van der Waals surface area contributed by atoms with Gasteiger partial charge in [-0.2, -0.15) is 4.99 Å². The molecule has 0 unspecified atom stereocenters. The standard InChI is InChI=1S/C17H11NO/c19-12-18-17-8-4-3-7-16(17)15-10-9-13-5-1-2-6-14(13)11-15/h1-11H. The first-order valence-corrected chi connectivity index (χ1v) is 6.04. The third kappa shape index (κ3) is 2.17. The van der Waals surface area contributed by atoms with Gasteiger partial charge in [-0.25, -0.2) is 4.79 Å². The summed E-state index contributed by atoms with van der Waals surface area (Å²) in [5.41, 5.74) is 2.64. The van der Waals surface area contributed by atoms with Gasteiger partial charge in [0.2, 0.25) is 6.08 Å². The SMILES string of the molecule is O=C=Nc1ccccc1-c1ccc2ccccc2c1. The van der Waals surface area contributed by atoms with Crippen molar-refractivity contribution in [3.8, 4) is 11.1 Å². The van der Waals surface area contributed by atoms with Crippen LogP contribution in [0.3, 0.4) is 0 Å². The monoisotopic (exact) mass is 245 g/mol. The molecule has 3 aromatic rings. The molecular weight excluding hydrogens is 234 g/mol. The molecule has 0 N–H and O–H groups in total. The summed E-state index contributed by atoms with van der Waals surface area (Å²) in [7, 11) is 0. The van der Waals surface area contributed by atoms with E-state index in [4.69, 9.17) is 0 Å². The summed E-state index contributed by atoms with van der Waals surface area (Å²) in [6.45, 7) is 0. The fourth-order valence-electron chi connectivity index (χ4n) is 2.22. The molecule has 0 aliphatic rings. The summed E-state index contributed by atoms with van der Waals surface area (Å²) < 4.78 is 0. The molecular formula is C17H11NO. The Morgan fingerprint density at radius 3 is 2.37 bits per heavy atom. The number of aliphatic imine (C=N–C) groups is 1. The topological polar surface area (TPSA) is 29.4 Å². The molecule has 2 heteroatoms. The van der Waals surface area contributed by atoms with Crippen molar-refractivity contribution >= 4 is 22.5 Å². The van der Waals surface area contributed by atoms with Crippen LogP contribution in [-0.4, -0.2) is 6.08 Å². The quantitative estimate of drug-likeness (QED) is 0.483. The van der Waals surface area contributed by atoms with E-state index in [0.29, 0.717) is 5.69 Å². The van der Waals surface area contributed by atoms with Gasteiger partial charge in [-0.05, 0) is 28.5 Å². The van der Waals surface area contributed by atoms with Crippen LogP contribution in [-0.2, 0) is 4.79 Å². The lowest BCUT2D eigenvalue weighted by Crippen LogP contribution is -1.80. The Hall–Kier alpha value is -2.70. The first-order chi connectivity index (χ1) is 9.38. The van der Waals surface area contributed by atoms with Crippen molar-refractivity contribution in [2.24, 2.45) is 4.99 Å². The van der Waals surface area contributed by atoms with Crippen LogP contribution in [0.5, 0.6) is 0 Å². The molecule has 90 valence electrons. The highest BCUT2D eigenvalue weighted by atomic mass is 16.1. The van der Waals surface area contributed by atoms with Crippen molar-refractivity contribution in [1.82, 2.24) is 0 Å². The van der Waals surface area contributed by atoms with Crippen molar-refractivity contribution in [3.63, 3.8) is 0 Å². The molecule has 0 aliphatic heterocycles. The van der Waals surface area contributed by atoms with E-state index >= 15 is 0 Å². The van der Waals surface area contributed by atoms with E-state index < -0.39 is 0 Å². The fourth-order valence-corrected chi connectivity index (χ4v) is 2.22. The number of para-hydroxylation sites is 1. The molecule has 19 heavy (non-hydrogen) atoms. The van der Waals surface area contributed by atoms with Crippen molar-refractivity contribution in [3.05, 3.63) is 66.7 Å². The molecule has 0 aliphatic carbocycles. The molecule has 0 atom stereocenters. The highest BCUT2D eigenvalue weighted by Gasteiger charge is 2.04. The highest BCUT2D eigenvalue weighted by Crippen LogP contribution is 2.31. The lowest BCUT2D eigenvalue weighted by atomic mass is 10.00. The summed E-state index contributed by atoms with van der Waals surface area (Å²) in [4.78, 5) is 14.2. The number of carbonyl (C=O) groups excluding carboxylic acids is 1. The van der Waals surface area contributed by atoms with Gasteiger partial charge in [-0.3, -0.25) is 0 Å². The van der Waals surface area contributed by atoms with E-state index in [2.05, 4.69) is 29.3 Å². The smallest absolute Gasteiger partial charge is 0.211 e. The predicted octanol–water partition coefficient (Wildman–Crippen LogP) is 4.47. The summed E-state index contributed by atoms with van der Waals surface area (Å²) in [5.74, 6) is 0. The van der Waals surface area contributed by atoms with Gasteiger partial charge in [0.1, 0.15) is 0 Å². The number of isocyanates is 1. The van der Waals surface area contributed by atoms with E-state index in [0.717, 1.165) is 11.1 Å². The van der Waals surface area contributed by atoms with Gasteiger partial charge < -0.3 is 0 Å². The second-order valence-corrected chi connectivity index (χ2v) is 4.28. The molecule has 3 rings (SSSR count). The van der Waals surface area contributed by atoms with Crippen LogP contribution in [0.4, 0.5) is 5.69 Å². The normalized spacial score (nSPS) is 10.1. The Bertz CT molecular complexity index is 786. The lowest BCUT2D eigenvalue weighted by Gasteiger charge is -2.06. The number of benzene rings is 3. The highest BCUT2D eigenvalue weighted by molar-refractivity contribution is 5.89. The zero-order chi connectivity index (χ0) is 13.1. The minimum absolute atomic E-state index is 0.646. The molecule has 0 saturated heterocycles. The Morgan fingerprint density at radius 1 is 0.789 bits per heavy atom. The second kappa shape index (κ2) is 4.89. The van der Waals surface area contributed by atoms with Crippen LogP contribution in [0.25, 0.3) is 21.9 Å². The number of nitrogens with zero attached hydrogens (tertiary/aromatic N) is 1. The van der Waals surface area contributed by atoms with E-state index in [1.807, 2.05) is 42.5 Å². The van der Waals surface area contributed by atoms with Crippen LogP contribution in [0.2, 0.25) is 0 Å². The van der Waals surface area contributed by atoms with Crippen molar-refractivity contribution in [1.29, 1.82) is 0 Å². The van der Waals surface area contributed by atoms with E-state index in [-0.39, 0.29) is 0 Å². The Kier molecular flexibility index (Phi) is 2.93. The molecule has 0 heterocycles. The summed E-state index contributed by atoms with van der Waals surface area (Å²) >= 11 is 0. The predicted molar refractivity (Wildman–Crippen MR) is 77.2 cm³/mol. The molecule has 0 aromatic heterocycles. The van der Waals surface area contributed by atoms with E-state index in [9.17, 15) is 4.79 Å². The van der Waals surface area contributed by atoms with Crippen molar-refractivity contribution < 1.29 is 4.79 Å². The first kappa shape index (κ1) is 11.4. The van der Waals surface area contributed by atoms with Gasteiger partial charge in [0.15, 0.2) is 0 Å². The minimum Gasteiger partial charge on any atom is -0.211 e. The summed E-state index contributed by atoms with van der Waals surface area (Å²) in [5, 5.41) is 2.37. The fraction of sp³-hybridized carbons (Fsp3) is 0. The van der Waals surface area contributed by atoms with Gasteiger partial charge in [-0.15, -0.1) is 0 Å². The number of hydrogen-bond donors (Lipinski definition) is 0. The maximum Gasteiger partial charge on any atom is 0.240 e. The number of rotatable bonds is 2. The Balaban J connectivity index is 2.21. The maximum atomic E-state index is 10.5. The molecule has 0 bridgehead atoms. The van der Waals surface area contributed by atoms with Crippen LogP contribution in [0, 0.1) is 0 Å². The molecule has 0 spiro atoms. The van der Waals surface area contributed by atoms with Gasteiger partial charge in [0.05, 0.1) is 5.69 Å². The molecule has 0 amide bonds. The zero-order valence-corrected chi connectivity index (χ0v) is 10.2. The third-order valence-electron chi connectivity index (χ3n) is 3.13. The van der Waals surface area contributed by atoms with Crippen molar-refractivity contribution in [2.45, 2.75) is 0 Å². The molecule has 0 fully saturated rings. The van der Waals surface area contributed by atoms with Gasteiger partial charge in [0, 0.05) is 5.56 Å². The van der Waals surface area contributed by atoms with Crippen LogP contribution in [0.15, 0.2) is 71.7 Å². The van der Waals surface area contributed by atoms with Gasteiger partial charge >= 0.3 is 0 Å². The third-order valence-corrected chi connectivity index (χ3v) is 3.13. The Labute approximate surface area is 111 Å². The van der Waals surface area contributed by atoms with E-state index in [1.165, 1.54) is 10.8 Å². The van der Waals surface area contributed by atoms with Gasteiger partial charge in [-0.1, -0.05) is 54.6 Å². The average Bonchev–Trinajstić information content (AvgIpc) is 2.48. The van der Waals surface area contributed by atoms with Crippen molar-refractivity contribution in [2.75, 3.05) is 0 Å². The number of hydrogen-bond acceptors (Lipinski definition) is 2. The first-order valence-electron chi connectivity index (χ1n) is 6.04. The second-order valence-electron chi connectivity index (χ2n) is 4.28. The molecule has 0 saturated carbocycles. The van der Waals surface area contributed by atoms with Gasteiger partial charge in [0.25, 0.3) is 0 Å². The molecule has 0 radical (unpaired) electrons. The average molecular weight is 245 g/mol. The van der Waals surface area contributed by atoms with E-state index in [1.54, 1.807) is 6.08 Å². The maximum absolute atomic E-state index is 10.5. The number of fused-ring (bicyclic) bond motifs is 1. The Morgan fingerprint density at radius 2 is 1.53 bits per heavy atom. The summed E-state index contributed by atoms with van der Waals surface area (Å²) in [6, 6.07) is 22.0. The largest absolute Gasteiger partial charge is 0.240 e. The zero-order valence-electron chi connectivity index (χ0n) is 10.2.